The van der Waals surface area contributed by atoms with Gasteiger partial charge in [-0.25, -0.2) is 4.98 Å². The maximum absolute atomic E-state index is 5.91. The summed E-state index contributed by atoms with van der Waals surface area (Å²) in [7, 11) is 4.07. The molecule has 124 valence electrons. The summed E-state index contributed by atoms with van der Waals surface area (Å²) in [5.41, 5.74) is 3.26. The maximum atomic E-state index is 5.91. The first-order valence-electron chi connectivity index (χ1n) is 8.13. The highest BCUT2D eigenvalue weighted by Crippen LogP contribution is 2.33. The molecule has 24 heavy (non-hydrogen) atoms. The molecule has 0 aliphatic heterocycles. The van der Waals surface area contributed by atoms with Gasteiger partial charge in [-0.05, 0) is 50.8 Å². The lowest BCUT2D eigenvalue weighted by Gasteiger charge is -2.15. The molecule has 0 fully saturated rings. The van der Waals surface area contributed by atoms with Crippen LogP contribution >= 0.6 is 0 Å². The predicted octanol–water partition coefficient (Wildman–Crippen LogP) is 4.23. The molecule has 0 saturated heterocycles. The first kappa shape index (κ1) is 16.3. The number of hydrogen-bond donors (Lipinski definition) is 1. The first-order valence-corrected chi connectivity index (χ1v) is 8.13. The van der Waals surface area contributed by atoms with Gasteiger partial charge in [-0.3, -0.25) is 0 Å². The molecule has 4 heteroatoms. The Morgan fingerprint density at radius 2 is 1.83 bits per heavy atom. The van der Waals surface area contributed by atoms with E-state index in [9.17, 15) is 0 Å². The van der Waals surface area contributed by atoms with Crippen molar-refractivity contribution < 1.29 is 4.74 Å². The molecule has 0 bridgehead atoms. The van der Waals surface area contributed by atoms with Gasteiger partial charge < -0.3 is 15.0 Å². The summed E-state index contributed by atoms with van der Waals surface area (Å²) in [6.07, 6.45) is 1.88. The molecule has 0 aliphatic rings. The van der Waals surface area contributed by atoms with Crippen molar-refractivity contribution in [3.05, 3.63) is 60.3 Å². The van der Waals surface area contributed by atoms with Crippen LogP contribution in [-0.2, 0) is 0 Å². The van der Waals surface area contributed by atoms with E-state index in [4.69, 9.17) is 4.74 Å². The molecular weight excluding hydrogens is 298 g/mol. The summed E-state index contributed by atoms with van der Waals surface area (Å²) in [5, 5.41) is 5.68. The summed E-state index contributed by atoms with van der Waals surface area (Å²) in [4.78, 5) is 6.58. The summed E-state index contributed by atoms with van der Waals surface area (Å²) in [6, 6.07) is 16.4. The largest absolute Gasteiger partial charge is 0.476 e. The summed E-state index contributed by atoms with van der Waals surface area (Å²) in [5.74, 6) is 0.689. The number of aryl methyl sites for hydroxylation is 1. The molecule has 1 N–H and O–H groups in total. The second-order valence-corrected chi connectivity index (χ2v) is 6.12. The van der Waals surface area contributed by atoms with E-state index in [1.54, 1.807) is 0 Å². The lowest BCUT2D eigenvalue weighted by Crippen LogP contribution is -2.19. The van der Waals surface area contributed by atoms with Crippen molar-refractivity contribution in [3.63, 3.8) is 0 Å². The molecule has 0 aliphatic carbocycles. The standard InChI is InChI=1S/C20H23N3O/c1-15-14-21-20(24-13-12-23(2)3)17-10-7-11-18(19(15)17)22-16-8-5-4-6-9-16/h4-11,14,22H,12-13H2,1-3H3. The average molecular weight is 321 g/mol. The number of benzene rings is 2. The van der Waals surface area contributed by atoms with E-state index >= 15 is 0 Å². The maximum Gasteiger partial charge on any atom is 0.221 e. The average Bonchev–Trinajstić information content (AvgIpc) is 2.58. The fraction of sp³-hybridized carbons (Fsp3) is 0.250. The number of nitrogens with one attached hydrogen (secondary N) is 1. The van der Waals surface area contributed by atoms with E-state index in [0.717, 1.165) is 34.3 Å². The van der Waals surface area contributed by atoms with Gasteiger partial charge in [0.15, 0.2) is 0 Å². The molecule has 0 saturated carbocycles. The van der Waals surface area contributed by atoms with Crippen LogP contribution in [0.25, 0.3) is 10.8 Å². The number of para-hydroxylation sites is 1. The van der Waals surface area contributed by atoms with Gasteiger partial charge in [0.25, 0.3) is 0 Å². The third-order valence-electron chi connectivity index (χ3n) is 3.89. The lowest BCUT2D eigenvalue weighted by atomic mass is 10.1. The number of hydrogen-bond acceptors (Lipinski definition) is 4. The Hall–Kier alpha value is -2.59. The minimum Gasteiger partial charge on any atom is -0.476 e. The van der Waals surface area contributed by atoms with Crippen molar-refractivity contribution in [2.24, 2.45) is 0 Å². The van der Waals surface area contributed by atoms with E-state index in [1.165, 1.54) is 0 Å². The van der Waals surface area contributed by atoms with Crippen LogP contribution < -0.4 is 10.1 Å². The van der Waals surface area contributed by atoms with E-state index in [1.807, 2.05) is 44.6 Å². The van der Waals surface area contributed by atoms with E-state index in [2.05, 4.69) is 46.4 Å². The summed E-state index contributed by atoms with van der Waals surface area (Å²) in [6.45, 7) is 3.56. The highest BCUT2D eigenvalue weighted by atomic mass is 16.5. The van der Waals surface area contributed by atoms with E-state index < -0.39 is 0 Å². The molecule has 0 unspecified atom stereocenters. The highest BCUT2D eigenvalue weighted by molar-refractivity contribution is 6.00. The minimum absolute atomic E-state index is 0.620. The fourth-order valence-electron chi connectivity index (χ4n) is 2.67. The number of aromatic nitrogens is 1. The molecule has 3 aromatic rings. The van der Waals surface area contributed by atoms with Crippen LogP contribution in [0.4, 0.5) is 11.4 Å². The van der Waals surface area contributed by atoms with Gasteiger partial charge in [0.1, 0.15) is 6.61 Å². The van der Waals surface area contributed by atoms with Crippen molar-refractivity contribution in [1.29, 1.82) is 0 Å². The smallest absolute Gasteiger partial charge is 0.221 e. The van der Waals surface area contributed by atoms with Gasteiger partial charge in [-0.15, -0.1) is 0 Å². The highest BCUT2D eigenvalue weighted by Gasteiger charge is 2.10. The number of rotatable bonds is 6. The lowest BCUT2D eigenvalue weighted by molar-refractivity contribution is 0.256. The van der Waals surface area contributed by atoms with Crippen molar-refractivity contribution in [2.45, 2.75) is 6.92 Å². The molecule has 1 aromatic heterocycles. The van der Waals surface area contributed by atoms with Gasteiger partial charge in [0.05, 0.1) is 0 Å². The zero-order valence-electron chi connectivity index (χ0n) is 14.4. The molecule has 2 aromatic carbocycles. The number of fused-ring (bicyclic) bond motifs is 1. The second kappa shape index (κ2) is 7.32. The quantitative estimate of drug-likeness (QED) is 0.737. The molecule has 0 spiro atoms. The van der Waals surface area contributed by atoms with Crippen molar-refractivity contribution in [2.75, 3.05) is 32.6 Å². The van der Waals surface area contributed by atoms with Crippen molar-refractivity contribution in [3.8, 4) is 5.88 Å². The van der Waals surface area contributed by atoms with Crippen LogP contribution in [0.3, 0.4) is 0 Å². The van der Waals surface area contributed by atoms with Crippen LogP contribution in [0, 0.1) is 6.92 Å². The Morgan fingerprint density at radius 1 is 1.04 bits per heavy atom. The number of likely N-dealkylation sites (N-methyl/N-ethyl adjacent to an activating group) is 1. The van der Waals surface area contributed by atoms with Gasteiger partial charge in [-0.1, -0.05) is 24.3 Å². The number of ether oxygens (including phenoxy) is 1. The third kappa shape index (κ3) is 3.66. The van der Waals surface area contributed by atoms with Crippen molar-refractivity contribution >= 4 is 22.1 Å². The Labute approximate surface area is 143 Å². The number of anilines is 2. The van der Waals surface area contributed by atoms with Crippen LogP contribution in [0.15, 0.2) is 54.7 Å². The summed E-state index contributed by atoms with van der Waals surface area (Å²) >= 11 is 0. The summed E-state index contributed by atoms with van der Waals surface area (Å²) < 4.78 is 5.91. The minimum atomic E-state index is 0.620. The number of nitrogens with zero attached hydrogens (tertiary/aromatic N) is 2. The first-order chi connectivity index (χ1) is 11.6. The monoisotopic (exact) mass is 321 g/mol. The Kier molecular flexibility index (Phi) is 4.96. The second-order valence-electron chi connectivity index (χ2n) is 6.12. The third-order valence-corrected chi connectivity index (χ3v) is 3.89. The normalized spacial score (nSPS) is 11.0. The van der Waals surface area contributed by atoms with Gasteiger partial charge >= 0.3 is 0 Å². The van der Waals surface area contributed by atoms with E-state index in [0.29, 0.717) is 12.5 Å². The zero-order chi connectivity index (χ0) is 16.9. The number of pyridine rings is 1. The molecule has 0 amide bonds. The molecule has 3 rings (SSSR count). The topological polar surface area (TPSA) is 37.4 Å². The van der Waals surface area contributed by atoms with Crippen molar-refractivity contribution in [1.82, 2.24) is 9.88 Å². The molecular formula is C20H23N3O. The molecule has 0 atom stereocenters. The molecule has 0 radical (unpaired) electrons. The Balaban J connectivity index is 1.96. The van der Waals surface area contributed by atoms with Crippen LogP contribution in [0.2, 0.25) is 0 Å². The van der Waals surface area contributed by atoms with Crippen LogP contribution in [0.5, 0.6) is 5.88 Å². The molecule has 1 heterocycles. The molecule has 4 nitrogen and oxygen atoms in total. The van der Waals surface area contributed by atoms with Gasteiger partial charge in [0, 0.05) is 34.9 Å². The zero-order valence-corrected chi connectivity index (χ0v) is 14.4. The predicted molar refractivity (Wildman–Crippen MR) is 100 cm³/mol. The Morgan fingerprint density at radius 3 is 2.58 bits per heavy atom. The Bertz CT molecular complexity index is 816. The van der Waals surface area contributed by atoms with Crippen LogP contribution in [-0.4, -0.2) is 37.1 Å². The SMILES string of the molecule is Cc1cnc(OCCN(C)C)c2cccc(Nc3ccccc3)c12. The van der Waals surface area contributed by atoms with Gasteiger partial charge in [0.2, 0.25) is 5.88 Å². The van der Waals surface area contributed by atoms with Crippen LogP contribution in [0.1, 0.15) is 5.56 Å². The van der Waals surface area contributed by atoms with E-state index in [-0.39, 0.29) is 0 Å². The van der Waals surface area contributed by atoms with Gasteiger partial charge in [-0.2, -0.15) is 0 Å². The fourth-order valence-corrected chi connectivity index (χ4v) is 2.67.